The molecule has 0 spiro atoms. The molecule has 0 aromatic heterocycles. The lowest BCUT2D eigenvalue weighted by Crippen LogP contribution is -2.03. The minimum Gasteiger partial charge on any atom is -0.289 e. The molecule has 0 radical (unpaired) electrons. The number of hydrogen-bond acceptors (Lipinski definition) is 1. The summed E-state index contributed by atoms with van der Waals surface area (Å²) in [5.74, 6) is 0.114. The van der Waals surface area contributed by atoms with Gasteiger partial charge in [-0.2, -0.15) is 0 Å². The Morgan fingerprint density at radius 3 is 2.30 bits per heavy atom. The molecular weight excluding hydrogens is 244 g/mol. The number of ketones is 1. The van der Waals surface area contributed by atoms with E-state index in [0.717, 1.165) is 23.1 Å². The molecule has 104 valence electrons. The van der Waals surface area contributed by atoms with E-state index in [0.29, 0.717) is 0 Å². The van der Waals surface area contributed by atoms with Crippen LogP contribution >= 0.6 is 0 Å². The van der Waals surface area contributed by atoms with E-state index in [4.69, 9.17) is 0 Å². The van der Waals surface area contributed by atoms with E-state index in [1.54, 1.807) is 0 Å². The lowest BCUT2D eigenvalue weighted by molar-refractivity contribution is 0.103. The van der Waals surface area contributed by atoms with Crippen molar-refractivity contribution in [3.05, 3.63) is 70.8 Å². The van der Waals surface area contributed by atoms with Gasteiger partial charge in [-0.25, -0.2) is 0 Å². The summed E-state index contributed by atoms with van der Waals surface area (Å²) >= 11 is 0. The molecule has 0 saturated carbocycles. The molecule has 0 bridgehead atoms. The Kier molecular flexibility index (Phi) is 5.11. The maximum atomic E-state index is 12.4. The highest BCUT2D eigenvalue weighted by molar-refractivity contribution is 6.09. The largest absolute Gasteiger partial charge is 0.289 e. The van der Waals surface area contributed by atoms with Crippen molar-refractivity contribution in [3.63, 3.8) is 0 Å². The zero-order valence-electron chi connectivity index (χ0n) is 12.4. The van der Waals surface area contributed by atoms with Crippen LogP contribution in [0.1, 0.15) is 53.2 Å². The van der Waals surface area contributed by atoms with Gasteiger partial charge < -0.3 is 0 Å². The molecule has 0 N–H and O–H groups in total. The van der Waals surface area contributed by atoms with Crippen LogP contribution in [-0.2, 0) is 6.42 Å². The van der Waals surface area contributed by atoms with Crippen molar-refractivity contribution in [1.82, 2.24) is 0 Å². The Balaban J connectivity index is 2.10. The Morgan fingerprint density at radius 2 is 1.65 bits per heavy atom. The first-order chi connectivity index (χ1) is 9.72. The molecule has 0 aliphatic carbocycles. The summed E-state index contributed by atoms with van der Waals surface area (Å²) in [6.45, 7) is 4.19. The smallest absolute Gasteiger partial charge is 0.193 e. The van der Waals surface area contributed by atoms with Gasteiger partial charge in [0.1, 0.15) is 0 Å². The summed E-state index contributed by atoms with van der Waals surface area (Å²) in [6.07, 6.45) is 4.84. The minimum atomic E-state index is 0.114. The maximum Gasteiger partial charge on any atom is 0.193 e. The molecule has 0 heterocycles. The third-order valence-corrected chi connectivity index (χ3v) is 3.67. The van der Waals surface area contributed by atoms with Crippen molar-refractivity contribution in [2.75, 3.05) is 0 Å². The van der Waals surface area contributed by atoms with Crippen LogP contribution in [0.15, 0.2) is 48.5 Å². The molecule has 20 heavy (non-hydrogen) atoms. The van der Waals surface area contributed by atoms with Crippen molar-refractivity contribution in [3.8, 4) is 0 Å². The number of hydrogen-bond donors (Lipinski definition) is 0. The van der Waals surface area contributed by atoms with Gasteiger partial charge in [0.15, 0.2) is 5.78 Å². The molecular formula is C19H22O. The SMILES string of the molecule is CCCCCc1ccc(C(=O)c2ccccc2C)cc1. The van der Waals surface area contributed by atoms with Crippen LogP contribution in [0, 0.1) is 6.92 Å². The Morgan fingerprint density at radius 1 is 0.950 bits per heavy atom. The number of carbonyl (C=O) groups excluding carboxylic acids is 1. The van der Waals surface area contributed by atoms with Crippen LogP contribution in [0.25, 0.3) is 0 Å². The van der Waals surface area contributed by atoms with Gasteiger partial charge in [-0.05, 0) is 30.9 Å². The number of aryl methyl sites for hydroxylation is 2. The quantitative estimate of drug-likeness (QED) is 0.533. The van der Waals surface area contributed by atoms with Crippen molar-refractivity contribution in [1.29, 1.82) is 0 Å². The third-order valence-electron chi connectivity index (χ3n) is 3.67. The standard InChI is InChI=1S/C19H22O/c1-3-4-5-9-16-11-13-17(14-12-16)19(20)18-10-7-6-8-15(18)2/h6-8,10-14H,3-5,9H2,1-2H3. The van der Waals surface area contributed by atoms with Gasteiger partial charge in [0.05, 0.1) is 0 Å². The normalized spacial score (nSPS) is 10.5. The second-order valence-corrected chi connectivity index (χ2v) is 5.30. The van der Waals surface area contributed by atoms with Gasteiger partial charge in [-0.1, -0.05) is 68.3 Å². The van der Waals surface area contributed by atoms with Crippen LogP contribution in [0.2, 0.25) is 0 Å². The first-order valence-electron chi connectivity index (χ1n) is 7.41. The molecule has 2 aromatic carbocycles. The second kappa shape index (κ2) is 7.04. The summed E-state index contributed by atoms with van der Waals surface area (Å²) in [6, 6.07) is 15.8. The van der Waals surface area contributed by atoms with Crippen LogP contribution in [0.3, 0.4) is 0 Å². The lowest BCUT2D eigenvalue weighted by atomic mass is 9.97. The molecule has 0 saturated heterocycles. The molecule has 2 rings (SSSR count). The summed E-state index contributed by atoms with van der Waals surface area (Å²) in [7, 11) is 0. The summed E-state index contributed by atoms with van der Waals surface area (Å²) < 4.78 is 0. The minimum absolute atomic E-state index is 0.114. The maximum absolute atomic E-state index is 12.4. The molecule has 1 nitrogen and oxygen atoms in total. The fourth-order valence-corrected chi connectivity index (χ4v) is 2.39. The van der Waals surface area contributed by atoms with E-state index < -0.39 is 0 Å². The third kappa shape index (κ3) is 3.57. The van der Waals surface area contributed by atoms with Crippen LogP contribution < -0.4 is 0 Å². The van der Waals surface area contributed by atoms with Crippen molar-refractivity contribution in [2.45, 2.75) is 39.5 Å². The van der Waals surface area contributed by atoms with Gasteiger partial charge in [-0.3, -0.25) is 4.79 Å². The molecule has 0 amide bonds. The second-order valence-electron chi connectivity index (χ2n) is 5.30. The highest BCUT2D eigenvalue weighted by Gasteiger charge is 2.10. The van der Waals surface area contributed by atoms with Crippen LogP contribution in [-0.4, -0.2) is 5.78 Å². The molecule has 0 aliphatic rings. The number of carbonyl (C=O) groups is 1. The average molecular weight is 266 g/mol. The zero-order chi connectivity index (χ0) is 14.4. The van der Waals surface area contributed by atoms with E-state index in [1.165, 1.54) is 24.8 Å². The highest BCUT2D eigenvalue weighted by Crippen LogP contribution is 2.15. The van der Waals surface area contributed by atoms with E-state index in [1.807, 2.05) is 43.3 Å². The highest BCUT2D eigenvalue weighted by atomic mass is 16.1. The average Bonchev–Trinajstić information content (AvgIpc) is 2.48. The molecule has 1 heteroatoms. The Bertz CT molecular complexity index is 567. The molecule has 2 aromatic rings. The van der Waals surface area contributed by atoms with Crippen LogP contribution in [0.5, 0.6) is 0 Å². The van der Waals surface area contributed by atoms with Gasteiger partial charge in [0, 0.05) is 11.1 Å². The van der Waals surface area contributed by atoms with E-state index in [-0.39, 0.29) is 5.78 Å². The zero-order valence-corrected chi connectivity index (χ0v) is 12.4. The Hall–Kier alpha value is -1.89. The van der Waals surface area contributed by atoms with Crippen LogP contribution in [0.4, 0.5) is 0 Å². The molecule has 0 unspecified atom stereocenters. The first-order valence-corrected chi connectivity index (χ1v) is 7.41. The first kappa shape index (κ1) is 14.5. The monoisotopic (exact) mass is 266 g/mol. The topological polar surface area (TPSA) is 17.1 Å². The molecule has 0 atom stereocenters. The summed E-state index contributed by atoms with van der Waals surface area (Å²) in [5.41, 5.74) is 3.93. The van der Waals surface area contributed by atoms with E-state index in [9.17, 15) is 4.79 Å². The lowest BCUT2D eigenvalue weighted by Gasteiger charge is -2.06. The van der Waals surface area contributed by atoms with E-state index >= 15 is 0 Å². The molecule has 0 fully saturated rings. The predicted octanol–water partition coefficient (Wildman–Crippen LogP) is 4.96. The van der Waals surface area contributed by atoms with Crippen molar-refractivity contribution >= 4 is 5.78 Å². The summed E-state index contributed by atoms with van der Waals surface area (Å²) in [5, 5.41) is 0. The van der Waals surface area contributed by atoms with Gasteiger partial charge in [0.2, 0.25) is 0 Å². The summed E-state index contributed by atoms with van der Waals surface area (Å²) in [4.78, 5) is 12.4. The van der Waals surface area contributed by atoms with E-state index in [2.05, 4.69) is 19.1 Å². The molecule has 0 aliphatic heterocycles. The van der Waals surface area contributed by atoms with Gasteiger partial charge in [0.25, 0.3) is 0 Å². The van der Waals surface area contributed by atoms with Crippen molar-refractivity contribution < 1.29 is 4.79 Å². The fraction of sp³-hybridized carbons (Fsp3) is 0.316. The number of unbranched alkanes of at least 4 members (excludes halogenated alkanes) is 2. The fourth-order valence-electron chi connectivity index (χ4n) is 2.39. The number of benzene rings is 2. The Labute approximate surface area is 121 Å². The van der Waals surface area contributed by atoms with Crippen molar-refractivity contribution in [2.24, 2.45) is 0 Å². The van der Waals surface area contributed by atoms with Gasteiger partial charge >= 0.3 is 0 Å². The van der Waals surface area contributed by atoms with Gasteiger partial charge in [-0.15, -0.1) is 0 Å². The number of rotatable bonds is 6. The predicted molar refractivity (Wildman–Crippen MR) is 84.3 cm³/mol.